The van der Waals surface area contributed by atoms with Crippen LogP contribution in [0.25, 0.3) is 0 Å². The Hall–Kier alpha value is -1.98. The fourth-order valence-corrected chi connectivity index (χ4v) is 6.89. The monoisotopic (exact) mass is 596 g/mol. The molecule has 0 atom stereocenters. The van der Waals surface area contributed by atoms with Crippen LogP contribution in [0.3, 0.4) is 0 Å². The summed E-state index contributed by atoms with van der Waals surface area (Å²) < 4.78 is 26.0. The molecular weight excluding hydrogens is 559 g/mol. The molecule has 9 nitrogen and oxygen atoms in total. The Morgan fingerprint density at radius 3 is 2.41 bits per heavy atom. The van der Waals surface area contributed by atoms with Gasteiger partial charge in [0.25, 0.3) is 5.91 Å². The maximum atomic E-state index is 13.4. The minimum atomic E-state index is -3.16. The van der Waals surface area contributed by atoms with Crippen molar-refractivity contribution in [3.63, 3.8) is 0 Å². The predicted octanol–water partition coefficient (Wildman–Crippen LogP) is 4.10. The molecule has 12 heteroatoms. The van der Waals surface area contributed by atoms with Crippen molar-refractivity contribution in [3.8, 4) is 0 Å². The first kappa shape index (κ1) is 30.0. The Bertz CT molecular complexity index is 1260. The molecule has 0 aliphatic carbocycles. The topological polar surface area (TPSA) is 98.7 Å². The maximum absolute atomic E-state index is 13.4. The fraction of sp³-hybridized carbons (Fsp3) is 0.593. The predicted molar refractivity (Wildman–Crippen MR) is 156 cm³/mol. The number of aromatic nitrogens is 2. The van der Waals surface area contributed by atoms with Crippen molar-refractivity contribution < 1.29 is 13.2 Å². The van der Waals surface area contributed by atoms with E-state index in [0.29, 0.717) is 47.2 Å². The molecule has 2 aromatic rings. The van der Waals surface area contributed by atoms with Crippen LogP contribution in [0.1, 0.15) is 54.2 Å². The second-order valence-electron chi connectivity index (χ2n) is 10.3. The van der Waals surface area contributed by atoms with Gasteiger partial charge in [0.05, 0.1) is 15.8 Å². The van der Waals surface area contributed by atoms with E-state index in [4.69, 9.17) is 23.2 Å². The number of benzene rings is 1. The molecule has 1 aromatic carbocycles. The average molecular weight is 598 g/mol. The summed E-state index contributed by atoms with van der Waals surface area (Å²) >= 11 is 12.1. The van der Waals surface area contributed by atoms with Gasteiger partial charge in [0.15, 0.2) is 0 Å². The van der Waals surface area contributed by atoms with Crippen molar-refractivity contribution in [2.75, 3.05) is 50.8 Å². The smallest absolute Gasteiger partial charge is 0.272 e. The molecular formula is C27H38Cl2N6O3S. The van der Waals surface area contributed by atoms with Gasteiger partial charge in [-0.15, -0.1) is 0 Å². The van der Waals surface area contributed by atoms with Gasteiger partial charge in [-0.2, -0.15) is 0 Å². The van der Waals surface area contributed by atoms with Gasteiger partial charge in [0.2, 0.25) is 10.0 Å². The number of halogens is 2. The van der Waals surface area contributed by atoms with Crippen LogP contribution in [0.2, 0.25) is 10.0 Å². The van der Waals surface area contributed by atoms with Crippen molar-refractivity contribution in [1.29, 1.82) is 0 Å². The lowest BCUT2D eigenvalue weighted by molar-refractivity contribution is 0.0542. The van der Waals surface area contributed by atoms with Crippen molar-refractivity contribution in [1.82, 2.24) is 24.1 Å². The molecule has 2 aliphatic heterocycles. The number of nitrogens with one attached hydrogen (secondary N) is 1. The average Bonchev–Trinajstić information content (AvgIpc) is 2.95. The Labute approximate surface area is 241 Å². The zero-order chi connectivity index (χ0) is 28.2. The van der Waals surface area contributed by atoms with Crippen molar-refractivity contribution in [3.05, 3.63) is 51.4 Å². The van der Waals surface area contributed by atoms with Crippen LogP contribution in [-0.2, 0) is 16.4 Å². The van der Waals surface area contributed by atoms with E-state index in [0.717, 1.165) is 56.3 Å². The summed E-state index contributed by atoms with van der Waals surface area (Å²) in [5.74, 6) is 0.727. The number of hydrogen-bond donors (Lipinski definition) is 1. The highest BCUT2D eigenvalue weighted by atomic mass is 35.5. The second kappa shape index (κ2) is 13.1. The van der Waals surface area contributed by atoms with E-state index in [1.54, 1.807) is 24.3 Å². The molecule has 39 heavy (non-hydrogen) atoms. The Morgan fingerprint density at radius 2 is 1.77 bits per heavy atom. The molecule has 4 rings (SSSR count). The largest absolute Gasteiger partial charge is 0.369 e. The fourth-order valence-electron chi connectivity index (χ4n) is 5.49. The number of carbonyl (C=O) groups excluding carboxylic acids is 1. The lowest BCUT2D eigenvalue weighted by Crippen LogP contribution is -2.52. The third kappa shape index (κ3) is 7.21. The molecule has 0 radical (unpaired) electrons. The van der Waals surface area contributed by atoms with Crippen molar-refractivity contribution in [2.45, 2.75) is 58.0 Å². The molecule has 1 N–H and O–H groups in total. The number of anilines is 1. The first-order chi connectivity index (χ1) is 18.6. The minimum absolute atomic E-state index is 0.0639. The van der Waals surface area contributed by atoms with E-state index in [1.807, 2.05) is 24.0 Å². The summed E-state index contributed by atoms with van der Waals surface area (Å²) in [6.45, 7) is 7.32. The van der Waals surface area contributed by atoms with Gasteiger partial charge >= 0.3 is 0 Å². The Morgan fingerprint density at radius 1 is 1.08 bits per heavy atom. The number of hydrogen-bond acceptors (Lipinski definition) is 7. The number of amides is 1. The number of piperidine rings is 2. The lowest BCUT2D eigenvalue weighted by atomic mass is 9.97. The van der Waals surface area contributed by atoms with E-state index in [2.05, 4.69) is 20.2 Å². The molecule has 1 amide bonds. The highest BCUT2D eigenvalue weighted by Crippen LogP contribution is 2.26. The van der Waals surface area contributed by atoms with Gasteiger partial charge in [-0.1, -0.05) is 29.3 Å². The van der Waals surface area contributed by atoms with E-state index in [1.165, 1.54) is 6.33 Å². The van der Waals surface area contributed by atoms with Crippen LogP contribution in [-0.4, -0.2) is 96.0 Å². The molecule has 3 heterocycles. The van der Waals surface area contributed by atoms with Crippen LogP contribution in [0, 0.1) is 6.92 Å². The van der Waals surface area contributed by atoms with Crippen LogP contribution in [0.4, 0.5) is 5.82 Å². The molecule has 1 aromatic heterocycles. The van der Waals surface area contributed by atoms with Crippen LogP contribution in [0.15, 0.2) is 24.5 Å². The zero-order valence-electron chi connectivity index (χ0n) is 22.9. The van der Waals surface area contributed by atoms with E-state index >= 15 is 0 Å². The van der Waals surface area contributed by atoms with E-state index in [9.17, 15) is 13.2 Å². The molecule has 2 fully saturated rings. The molecule has 2 aliphatic rings. The van der Waals surface area contributed by atoms with Crippen LogP contribution >= 0.6 is 23.2 Å². The normalized spacial score (nSPS) is 18.1. The van der Waals surface area contributed by atoms with Gasteiger partial charge in [0, 0.05) is 44.3 Å². The van der Waals surface area contributed by atoms with Gasteiger partial charge in [0.1, 0.15) is 17.8 Å². The molecule has 0 unspecified atom stereocenters. The highest BCUT2D eigenvalue weighted by molar-refractivity contribution is 7.89. The lowest BCUT2D eigenvalue weighted by Gasteiger charge is -2.43. The molecule has 0 bridgehead atoms. The summed E-state index contributed by atoms with van der Waals surface area (Å²) in [5.41, 5.74) is 2.23. The first-order valence-corrected chi connectivity index (χ1v) is 16.0. The standard InChI is InChI=1S/C27H38Cl2N6O3S/c1-4-39(37,38)33(3)21-8-13-34(14-9-21)22-10-15-35(16-11-22)27(36)25-19(2)26(32-18-31-25)30-12-7-20-5-6-23(28)24(29)17-20/h5-6,17-18,21-22H,4,7-16H2,1-3H3,(H,30,31,32). The minimum Gasteiger partial charge on any atom is -0.369 e. The van der Waals surface area contributed by atoms with Gasteiger partial charge in [-0.3, -0.25) is 4.79 Å². The number of carbonyl (C=O) groups is 1. The summed E-state index contributed by atoms with van der Waals surface area (Å²) in [4.78, 5) is 26.4. The van der Waals surface area contributed by atoms with Crippen LogP contribution in [0.5, 0.6) is 0 Å². The summed E-state index contributed by atoms with van der Waals surface area (Å²) in [7, 11) is -1.46. The van der Waals surface area contributed by atoms with E-state index in [-0.39, 0.29) is 17.7 Å². The SMILES string of the molecule is CCS(=O)(=O)N(C)C1CCN(C2CCN(C(=O)c3ncnc(NCCc4ccc(Cl)c(Cl)c4)c3C)CC2)CC1. The van der Waals surface area contributed by atoms with E-state index < -0.39 is 10.0 Å². The third-order valence-electron chi connectivity index (χ3n) is 8.06. The number of nitrogens with zero attached hydrogens (tertiary/aromatic N) is 5. The molecule has 214 valence electrons. The summed E-state index contributed by atoms with van der Waals surface area (Å²) in [6.07, 6.45) is 5.66. The highest BCUT2D eigenvalue weighted by Gasteiger charge is 2.33. The third-order valence-corrected chi connectivity index (χ3v) is 10.7. The Kier molecular flexibility index (Phi) is 10.1. The Balaban J connectivity index is 1.27. The summed E-state index contributed by atoms with van der Waals surface area (Å²) in [6, 6.07) is 6.07. The van der Waals surface area contributed by atoms with Crippen molar-refractivity contribution in [2.24, 2.45) is 0 Å². The molecule has 0 saturated carbocycles. The maximum Gasteiger partial charge on any atom is 0.272 e. The number of likely N-dealkylation sites (tertiary alicyclic amines) is 2. The zero-order valence-corrected chi connectivity index (χ0v) is 25.2. The van der Waals surface area contributed by atoms with Crippen molar-refractivity contribution >= 4 is 45.0 Å². The van der Waals surface area contributed by atoms with Crippen LogP contribution < -0.4 is 5.32 Å². The second-order valence-corrected chi connectivity index (χ2v) is 13.5. The quantitative estimate of drug-likeness (QED) is 0.465. The molecule has 0 spiro atoms. The van der Waals surface area contributed by atoms with Gasteiger partial charge in [-0.05, 0) is 76.7 Å². The number of sulfonamides is 1. The molecule has 2 saturated heterocycles. The summed E-state index contributed by atoms with van der Waals surface area (Å²) in [5, 5.41) is 4.39. The number of rotatable bonds is 9. The van der Waals surface area contributed by atoms with Gasteiger partial charge < -0.3 is 15.1 Å². The van der Waals surface area contributed by atoms with Gasteiger partial charge in [-0.25, -0.2) is 22.7 Å². The first-order valence-electron chi connectivity index (χ1n) is 13.6.